The Morgan fingerprint density at radius 2 is 1.61 bits per heavy atom. The summed E-state index contributed by atoms with van der Waals surface area (Å²) in [6, 6.07) is 3.71. The smallest absolute Gasteiger partial charge is 0.217 e. The van der Waals surface area contributed by atoms with E-state index in [1.165, 1.54) is 19.3 Å². The third-order valence-corrected chi connectivity index (χ3v) is 6.70. The normalized spacial score (nSPS) is 15.9. The third kappa shape index (κ3) is 5.33. The predicted octanol–water partition coefficient (Wildman–Crippen LogP) is 5.87. The van der Waals surface area contributed by atoms with Gasteiger partial charge in [0.05, 0.1) is 22.7 Å². The van der Waals surface area contributed by atoms with Crippen molar-refractivity contribution in [3.63, 3.8) is 0 Å². The molecule has 31 heavy (non-hydrogen) atoms. The highest BCUT2D eigenvalue weighted by Gasteiger charge is 2.28. The van der Waals surface area contributed by atoms with Gasteiger partial charge in [-0.15, -0.1) is 0 Å². The fraction of sp³-hybridized carbons (Fsp3) is 0.600. The molecule has 0 spiro atoms. The van der Waals surface area contributed by atoms with Gasteiger partial charge >= 0.3 is 0 Å². The highest BCUT2D eigenvalue weighted by atomic mass is 79.9. The third-order valence-electron chi connectivity index (χ3n) is 6.38. The number of benzene rings is 1. The van der Waals surface area contributed by atoms with Gasteiger partial charge in [0, 0.05) is 35.6 Å². The minimum Gasteiger partial charge on any atom is -0.507 e. The molecule has 170 valence electrons. The van der Waals surface area contributed by atoms with Crippen molar-refractivity contribution in [1.29, 1.82) is 0 Å². The average Bonchev–Trinajstić information content (AvgIpc) is 3.00. The highest BCUT2D eigenvalue weighted by molar-refractivity contribution is 9.08. The van der Waals surface area contributed by atoms with Crippen molar-refractivity contribution in [2.24, 2.45) is 9.94 Å². The van der Waals surface area contributed by atoms with E-state index in [1.807, 2.05) is 29.1 Å². The summed E-state index contributed by atoms with van der Waals surface area (Å²) in [4.78, 5) is 13.3. The van der Waals surface area contributed by atoms with Crippen molar-refractivity contribution in [3.8, 4) is 5.75 Å². The van der Waals surface area contributed by atoms with Gasteiger partial charge in [-0.05, 0) is 35.3 Å². The molecule has 1 heterocycles. The van der Waals surface area contributed by atoms with Crippen LogP contribution in [0, 0.1) is 5.92 Å². The quantitative estimate of drug-likeness (QED) is 0.515. The Morgan fingerprint density at radius 3 is 2.06 bits per heavy atom. The summed E-state index contributed by atoms with van der Waals surface area (Å²) in [5.74, 6) is 1.13. The zero-order valence-electron chi connectivity index (χ0n) is 19.7. The minimum atomic E-state index is -0.269. The number of imidazole rings is 1. The molecule has 3 rings (SSSR count). The first-order chi connectivity index (χ1) is 14.4. The van der Waals surface area contributed by atoms with Crippen LogP contribution in [0.3, 0.4) is 0 Å². The van der Waals surface area contributed by atoms with Crippen molar-refractivity contribution >= 4 is 21.9 Å². The number of aryl methyl sites for hydroxylation is 1. The second kappa shape index (κ2) is 8.97. The number of Topliss-reactive ketones (excluding diaryl/α,β-unsaturated/α-hetero) is 1. The molecule has 0 aliphatic heterocycles. The number of aromatic nitrogens is 2. The van der Waals surface area contributed by atoms with Gasteiger partial charge in [-0.25, -0.2) is 0 Å². The Labute approximate surface area is 194 Å². The molecule has 0 atom stereocenters. The van der Waals surface area contributed by atoms with Gasteiger partial charge in [0.15, 0.2) is 5.78 Å². The number of rotatable bonds is 6. The molecule has 0 amide bonds. The predicted molar refractivity (Wildman–Crippen MR) is 129 cm³/mol. The Hall–Kier alpha value is -1.82. The summed E-state index contributed by atoms with van der Waals surface area (Å²) in [5, 5.41) is 10.9. The van der Waals surface area contributed by atoms with Gasteiger partial charge in [-0.2, -0.15) is 4.02 Å². The lowest BCUT2D eigenvalue weighted by atomic mass is 9.78. The van der Waals surface area contributed by atoms with E-state index in [9.17, 15) is 9.90 Å². The molecule has 0 bridgehead atoms. The molecule has 0 saturated heterocycles. The van der Waals surface area contributed by atoms with Crippen molar-refractivity contribution in [2.75, 3.05) is 0 Å². The van der Waals surface area contributed by atoms with E-state index >= 15 is 0 Å². The van der Waals surface area contributed by atoms with E-state index < -0.39 is 0 Å². The van der Waals surface area contributed by atoms with Crippen LogP contribution in [0.2, 0.25) is 0 Å². The van der Waals surface area contributed by atoms with E-state index in [4.69, 9.17) is 0 Å². The summed E-state index contributed by atoms with van der Waals surface area (Å²) < 4.78 is 8.27. The molecule has 5 nitrogen and oxygen atoms in total. The molecule has 1 saturated carbocycles. The summed E-state index contributed by atoms with van der Waals surface area (Å²) in [6.45, 7) is 13.5. The Kier molecular flexibility index (Phi) is 6.90. The topological polar surface area (TPSA) is 59.5 Å². The van der Waals surface area contributed by atoms with Gasteiger partial charge in [0.2, 0.25) is 5.62 Å². The lowest BCUT2D eigenvalue weighted by molar-refractivity contribution is 0.0970. The number of phenols is 1. The van der Waals surface area contributed by atoms with Gasteiger partial charge in [-0.1, -0.05) is 60.8 Å². The van der Waals surface area contributed by atoms with E-state index in [2.05, 4.69) is 66.3 Å². The zero-order chi connectivity index (χ0) is 23.0. The Bertz CT molecular complexity index is 980. The molecule has 1 aromatic carbocycles. The first kappa shape index (κ1) is 23.8. The van der Waals surface area contributed by atoms with Crippen LogP contribution in [0.25, 0.3) is 0 Å². The number of hydrogen-bond donors (Lipinski definition) is 1. The first-order valence-corrected chi connectivity index (χ1v) is 11.9. The van der Waals surface area contributed by atoms with E-state index in [1.54, 1.807) is 0 Å². The molecule has 1 fully saturated rings. The van der Waals surface area contributed by atoms with Crippen LogP contribution >= 0.6 is 16.1 Å². The zero-order valence-corrected chi connectivity index (χ0v) is 21.3. The molecule has 0 unspecified atom stereocenters. The Balaban J connectivity index is 1.90. The maximum absolute atomic E-state index is 13.3. The maximum Gasteiger partial charge on any atom is 0.217 e. The fourth-order valence-electron chi connectivity index (χ4n) is 4.14. The largest absolute Gasteiger partial charge is 0.507 e. The van der Waals surface area contributed by atoms with Gasteiger partial charge in [0.25, 0.3) is 0 Å². The second-order valence-electron chi connectivity index (χ2n) is 10.9. The van der Waals surface area contributed by atoms with Gasteiger partial charge in [0.1, 0.15) is 5.75 Å². The van der Waals surface area contributed by atoms with E-state index in [-0.39, 0.29) is 23.2 Å². The molecule has 1 N–H and O–H groups in total. The molecule has 1 aromatic heterocycles. The number of aromatic hydroxyl groups is 1. The van der Waals surface area contributed by atoms with Gasteiger partial charge in [-0.3, -0.25) is 4.79 Å². The highest BCUT2D eigenvalue weighted by Crippen LogP contribution is 2.40. The first-order valence-electron chi connectivity index (χ1n) is 11.2. The van der Waals surface area contributed by atoms with Crippen LogP contribution in [0.1, 0.15) is 88.7 Å². The Morgan fingerprint density at radius 1 is 1.06 bits per heavy atom. The van der Waals surface area contributed by atoms with Crippen LogP contribution in [-0.4, -0.2) is 20.0 Å². The molecule has 6 heteroatoms. The number of carbonyl (C=O) groups excluding carboxylic acids is 1. The molecule has 0 radical (unpaired) electrons. The van der Waals surface area contributed by atoms with E-state index in [0.29, 0.717) is 11.3 Å². The molecule has 1 aliphatic carbocycles. The number of carbonyl (C=O) groups is 1. The molecule has 1 aliphatic rings. The van der Waals surface area contributed by atoms with Crippen LogP contribution in [-0.2, 0) is 23.9 Å². The van der Waals surface area contributed by atoms with Crippen molar-refractivity contribution in [2.45, 2.75) is 91.1 Å². The van der Waals surface area contributed by atoms with Crippen LogP contribution in [0.4, 0.5) is 0 Å². The number of hydrogen-bond acceptors (Lipinski definition) is 3. The number of halogens is 1. The summed E-state index contributed by atoms with van der Waals surface area (Å²) in [6.07, 6.45) is 9.08. The van der Waals surface area contributed by atoms with Crippen molar-refractivity contribution in [1.82, 2.24) is 9.13 Å². The van der Waals surface area contributed by atoms with Crippen molar-refractivity contribution in [3.05, 3.63) is 46.8 Å². The molecule has 2 aromatic rings. The SMILES string of the molecule is CC(C)(C)c1cc(C(=O)Cn2ccn(CCC3CCC3)/c2=N/Br)cc(C(C)(C)C)c1O. The summed E-state index contributed by atoms with van der Waals surface area (Å²) in [7, 11) is 0. The van der Waals surface area contributed by atoms with Crippen LogP contribution < -0.4 is 5.62 Å². The average molecular weight is 490 g/mol. The molecular weight excluding hydrogens is 454 g/mol. The second-order valence-corrected chi connectivity index (χ2v) is 11.3. The fourth-order valence-corrected chi connectivity index (χ4v) is 4.55. The lowest BCUT2D eigenvalue weighted by Gasteiger charge is -2.28. The van der Waals surface area contributed by atoms with Crippen LogP contribution in [0.5, 0.6) is 5.75 Å². The van der Waals surface area contributed by atoms with Crippen LogP contribution in [0.15, 0.2) is 28.5 Å². The van der Waals surface area contributed by atoms with E-state index in [0.717, 1.165) is 35.6 Å². The van der Waals surface area contributed by atoms with Crippen molar-refractivity contribution < 1.29 is 9.90 Å². The maximum atomic E-state index is 13.3. The van der Waals surface area contributed by atoms with Gasteiger partial charge < -0.3 is 14.2 Å². The minimum absolute atomic E-state index is 0.00939. The lowest BCUT2D eigenvalue weighted by Crippen LogP contribution is -2.29. The number of ketones is 1. The monoisotopic (exact) mass is 489 g/mol. The number of nitrogens with zero attached hydrogens (tertiary/aromatic N) is 3. The number of phenolic OH excluding ortho intramolecular Hbond substituents is 1. The standard InChI is InChI=1S/C25H36BrN3O2/c1-24(2,3)19-14-18(15-20(22(19)31)25(4,5)6)21(30)16-29-13-12-28(23(29)27-26)11-10-17-8-7-9-17/h12-15,17,31H,7-11,16H2,1-6H3/b27-23-. The summed E-state index contributed by atoms with van der Waals surface area (Å²) >= 11 is 3.25. The molecular formula is C25H36BrN3O2. The summed E-state index contributed by atoms with van der Waals surface area (Å²) in [5.41, 5.74) is 2.44.